The summed E-state index contributed by atoms with van der Waals surface area (Å²) in [5.41, 5.74) is 1.61. The van der Waals surface area contributed by atoms with E-state index >= 15 is 0 Å². The fourth-order valence-electron chi connectivity index (χ4n) is 2.45. The van der Waals surface area contributed by atoms with Gasteiger partial charge < -0.3 is 14.9 Å². The molecule has 1 aliphatic rings. The SMILES string of the molecule is O=C(c1ccsc1)N1CCN(c2ccccc2O)CC1. The number of piperazine rings is 1. The summed E-state index contributed by atoms with van der Waals surface area (Å²) in [7, 11) is 0. The molecule has 1 amide bonds. The Bertz CT molecular complexity index is 590. The van der Waals surface area contributed by atoms with Gasteiger partial charge >= 0.3 is 0 Å². The van der Waals surface area contributed by atoms with Crippen LogP contribution in [0.25, 0.3) is 0 Å². The Hall–Kier alpha value is -2.01. The van der Waals surface area contributed by atoms with E-state index in [-0.39, 0.29) is 5.91 Å². The molecule has 3 rings (SSSR count). The minimum absolute atomic E-state index is 0.100. The van der Waals surface area contributed by atoms with Crippen LogP contribution in [0, 0.1) is 0 Å². The van der Waals surface area contributed by atoms with Gasteiger partial charge in [0.2, 0.25) is 0 Å². The average Bonchev–Trinajstić information content (AvgIpc) is 3.01. The first-order valence-electron chi connectivity index (χ1n) is 6.60. The van der Waals surface area contributed by atoms with E-state index in [1.807, 2.05) is 39.9 Å². The second-order valence-corrected chi connectivity index (χ2v) is 5.56. The number of phenols is 1. The largest absolute Gasteiger partial charge is 0.506 e. The number of amides is 1. The fraction of sp³-hybridized carbons (Fsp3) is 0.267. The summed E-state index contributed by atoms with van der Waals surface area (Å²) in [5, 5.41) is 13.7. The van der Waals surface area contributed by atoms with Crippen LogP contribution in [0.5, 0.6) is 5.75 Å². The molecule has 0 aliphatic carbocycles. The number of carbonyl (C=O) groups is 1. The van der Waals surface area contributed by atoms with E-state index < -0.39 is 0 Å². The highest BCUT2D eigenvalue weighted by molar-refractivity contribution is 7.08. The highest BCUT2D eigenvalue weighted by Gasteiger charge is 2.23. The maximum absolute atomic E-state index is 12.2. The number of hydrogen-bond donors (Lipinski definition) is 1. The summed E-state index contributed by atoms with van der Waals surface area (Å²) in [6.07, 6.45) is 0. The van der Waals surface area contributed by atoms with Crippen molar-refractivity contribution in [3.05, 3.63) is 46.7 Å². The number of aromatic hydroxyl groups is 1. The molecule has 0 spiro atoms. The lowest BCUT2D eigenvalue weighted by Crippen LogP contribution is -2.48. The Balaban J connectivity index is 1.65. The summed E-state index contributed by atoms with van der Waals surface area (Å²) in [5.74, 6) is 0.397. The summed E-state index contributed by atoms with van der Waals surface area (Å²) in [6, 6.07) is 9.19. The average molecular weight is 288 g/mol. The van der Waals surface area contributed by atoms with E-state index in [1.165, 1.54) is 0 Å². The number of anilines is 1. The predicted molar refractivity (Wildman–Crippen MR) is 80.5 cm³/mol. The standard InChI is InChI=1S/C15H16N2O2S/c18-14-4-2-1-3-13(14)16-6-8-17(9-7-16)15(19)12-5-10-20-11-12/h1-5,10-11,18H,6-9H2. The van der Waals surface area contributed by atoms with Crippen molar-refractivity contribution in [3.63, 3.8) is 0 Å². The smallest absolute Gasteiger partial charge is 0.254 e. The van der Waals surface area contributed by atoms with Gasteiger partial charge in [-0.15, -0.1) is 0 Å². The second kappa shape index (κ2) is 5.54. The van der Waals surface area contributed by atoms with Crippen molar-refractivity contribution in [3.8, 4) is 5.75 Å². The van der Waals surface area contributed by atoms with Crippen LogP contribution in [-0.2, 0) is 0 Å². The third-order valence-corrected chi connectivity index (χ3v) is 4.24. The molecule has 1 fully saturated rings. The van der Waals surface area contributed by atoms with Crippen LogP contribution in [-0.4, -0.2) is 42.1 Å². The van der Waals surface area contributed by atoms with Crippen LogP contribution in [0.3, 0.4) is 0 Å². The van der Waals surface area contributed by atoms with Crippen LogP contribution in [0.1, 0.15) is 10.4 Å². The summed E-state index contributed by atoms with van der Waals surface area (Å²) in [4.78, 5) is 16.2. The van der Waals surface area contributed by atoms with Crippen molar-refractivity contribution in [2.75, 3.05) is 31.1 Å². The van der Waals surface area contributed by atoms with Crippen molar-refractivity contribution in [1.82, 2.24) is 4.90 Å². The molecule has 0 radical (unpaired) electrons. The highest BCUT2D eigenvalue weighted by Crippen LogP contribution is 2.27. The van der Waals surface area contributed by atoms with E-state index in [1.54, 1.807) is 17.4 Å². The summed E-state index contributed by atoms with van der Waals surface area (Å²) >= 11 is 1.54. The number of para-hydroxylation sites is 2. The third kappa shape index (κ3) is 2.49. The lowest BCUT2D eigenvalue weighted by Gasteiger charge is -2.36. The number of carbonyl (C=O) groups excluding carboxylic acids is 1. The third-order valence-electron chi connectivity index (χ3n) is 3.56. The quantitative estimate of drug-likeness (QED) is 0.923. The number of rotatable bonds is 2. The zero-order chi connectivity index (χ0) is 13.9. The molecule has 1 N–H and O–H groups in total. The molecule has 0 atom stereocenters. The molecule has 1 saturated heterocycles. The van der Waals surface area contributed by atoms with Gasteiger partial charge in [0.05, 0.1) is 11.3 Å². The summed E-state index contributed by atoms with van der Waals surface area (Å²) in [6.45, 7) is 2.85. The van der Waals surface area contributed by atoms with E-state index in [0.717, 1.165) is 24.3 Å². The molecule has 20 heavy (non-hydrogen) atoms. The van der Waals surface area contributed by atoms with Crippen molar-refractivity contribution in [2.24, 2.45) is 0 Å². The number of hydrogen-bond acceptors (Lipinski definition) is 4. The van der Waals surface area contributed by atoms with Gasteiger partial charge in [0.25, 0.3) is 5.91 Å². The fourth-order valence-corrected chi connectivity index (χ4v) is 3.08. The van der Waals surface area contributed by atoms with Crippen molar-refractivity contribution in [1.29, 1.82) is 0 Å². The van der Waals surface area contributed by atoms with Crippen molar-refractivity contribution in [2.45, 2.75) is 0 Å². The Kier molecular flexibility index (Phi) is 3.60. The van der Waals surface area contributed by atoms with E-state index in [4.69, 9.17) is 0 Å². The molecule has 0 saturated carbocycles. The van der Waals surface area contributed by atoms with Gasteiger partial charge in [-0.2, -0.15) is 11.3 Å². The minimum Gasteiger partial charge on any atom is -0.506 e. The topological polar surface area (TPSA) is 43.8 Å². The van der Waals surface area contributed by atoms with Gasteiger partial charge in [0.15, 0.2) is 0 Å². The van der Waals surface area contributed by atoms with Gasteiger partial charge in [0.1, 0.15) is 5.75 Å². The summed E-state index contributed by atoms with van der Waals surface area (Å²) < 4.78 is 0. The number of benzene rings is 1. The zero-order valence-corrected chi connectivity index (χ0v) is 11.8. The van der Waals surface area contributed by atoms with Crippen molar-refractivity contribution >= 4 is 22.9 Å². The molecule has 4 nitrogen and oxygen atoms in total. The normalized spacial score (nSPS) is 15.4. The van der Waals surface area contributed by atoms with Gasteiger partial charge in [0, 0.05) is 31.6 Å². The lowest BCUT2D eigenvalue weighted by molar-refractivity contribution is 0.0747. The van der Waals surface area contributed by atoms with Gasteiger partial charge in [-0.25, -0.2) is 0 Å². The Morgan fingerprint density at radius 1 is 1.10 bits per heavy atom. The molecular formula is C15H16N2O2S. The molecule has 1 aliphatic heterocycles. The lowest BCUT2D eigenvalue weighted by atomic mass is 10.2. The molecule has 0 unspecified atom stereocenters. The van der Waals surface area contributed by atoms with Gasteiger partial charge in [-0.3, -0.25) is 4.79 Å². The van der Waals surface area contributed by atoms with Crippen LogP contribution >= 0.6 is 11.3 Å². The van der Waals surface area contributed by atoms with Gasteiger partial charge in [-0.05, 0) is 23.6 Å². The van der Waals surface area contributed by atoms with E-state index in [0.29, 0.717) is 18.8 Å². The first-order chi connectivity index (χ1) is 9.75. The number of phenolic OH excluding ortho intramolecular Hbond substituents is 1. The van der Waals surface area contributed by atoms with Crippen LogP contribution in [0.15, 0.2) is 41.1 Å². The molecule has 0 bridgehead atoms. The maximum atomic E-state index is 12.2. The van der Waals surface area contributed by atoms with Crippen LogP contribution in [0.2, 0.25) is 0 Å². The number of thiophene rings is 1. The molecule has 104 valence electrons. The molecule has 1 aromatic carbocycles. The van der Waals surface area contributed by atoms with Gasteiger partial charge in [-0.1, -0.05) is 12.1 Å². The van der Waals surface area contributed by atoms with E-state index in [9.17, 15) is 9.90 Å². The first-order valence-corrected chi connectivity index (χ1v) is 7.54. The molecule has 1 aromatic heterocycles. The minimum atomic E-state index is 0.100. The monoisotopic (exact) mass is 288 g/mol. The van der Waals surface area contributed by atoms with E-state index in [2.05, 4.69) is 4.90 Å². The predicted octanol–water partition coefficient (Wildman–Crippen LogP) is 2.42. The maximum Gasteiger partial charge on any atom is 0.254 e. The Morgan fingerprint density at radius 3 is 2.50 bits per heavy atom. The Morgan fingerprint density at radius 2 is 1.85 bits per heavy atom. The Labute approximate surface area is 121 Å². The van der Waals surface area contributed by atoms with Crippen LogP contribution < -0.4 is 4.90 Å². The highest BCUT2D eigenvalue weighted by atomic mass is 32.1. The molecule has 2 aromatic rings. The van der Waals surface area contributed by atoms with Crippen LogP contribution in [0.4, 0.5) is 5.69 Å². The molecule has 5 heteroatoms. The molecular weight excluding hydrogens is 272 g/mol. The second-order valence-electron chi connectivity index (χ2n) is 4.78. The van der Waals surface area contributed by atoms with Crippen molar-refractivity contribution < 1.29 is 9.90 Å². The number of nitrogens with zero attached hydrogens (tertiary/aromatic N) is 2. The first kappa shape index (κ1) is 13.0. The molecule has 2 heterocycles. The zero-order valence-electron chi connectivity index (χ0n) is 11.0.